The summed E-state index contributed by atoms with van der Waals surface area (Å²) >= 11 is 0. The van der Waals surface area contributed by atoms with Crippen molar-refractivity contribution in [1.29, 1.82) is 0 Å². The molecule has 0 N–H and O–H groups in total. The normalized spacial score (nSPS) is 20.2. The number of amides is 1. The molecule has 0 radical (unpaired) electrons. The summed E-state index contributed by atoms with van der Waals surface area (Å²) in [5.41, 5.74) is -0.218. The fraction of sp³-hybridized carbons (Fsp3) is 0.750. The van der Waals surface area contributed by atoms with Crippen LogP contribution in [0.25, 0.3) is 0 Å². The summed E-state index contributed by atoms with van der Waals surface area (Å²) < 4.78 is 5.45. The van der Waals surface area contributed by atoms with Gasteiger partial charge in [-0.3, -0.25) is 4.79 Å². The molecule has 0 spiro atoms. The Morgan fingerprint density at radius 3 is 2.59 bits per heavy atom. The van der Waals surface area contributed by atoms with Crippen LogP contribution in [0.4, 0.5) is 0 Å². The summed E-state index contributed by atoms with van der Waals surface area (Å²) in [6.07, 6.45) is 2.05. The smallest absolute Gasteiger partial charge is 0.311 e. The summed E-state index contributed by atoms with van der Waals surface area (Å²) in [7, 11) is 0. The Morgan fingerprint density at radius 1 is 1.47 bits per heavy atom. The summed E-state index contributed by atoms with van der Waals surface area (Å²) in [4.78, 5) is 13.9. The van der Waals surface area contributed by atoms with E-state index < -0.39 is 0 Å². The Morgan fingerprint density at radius 2 is 2.18 bits per heavy atom. The molecule has 1 aliphatic heterocycles. The minimum Gasteiger partial charge on any atom is -0.416 e. The monoisotopic (exact) mass is 237 g/mol. The van der Waals surface area contributed by atoms with Gasteiger partial charge in [-0.2, -0.15) is 0 Å². The maximum atomic E-state index is 12.1. The van der Waals surface area contributed by atoms with E-state index in [2.05, 4.69) is 17.1 Å². The van der Waals surface area contributed by atoms with E-state index in [0.717, 1.165) is 19.4 Å². The van der Waals surface area contributed by atoms with E-state index in [1.54, 1.807) is 4.90 Å². The van der Waals surface area contributed by atoms with E-state index >= 15 is 0 Å². The highest BCUT2D eigenvalue weighted by molar-refractivity contribution is 5.90. The molecule has 1 aliphatic rings. The van der Waals surface area contributed by atoms with Gasteiger partial charge in [0.15, 0.2) is 0 Å². The second-order valence-corrected chi connectivity index (χ2v) is 5.51. The lowest BCUT2D eigenvalue weighted by molar-refractivity contribution is 0.0412. The minimum atomic E-state index is -0.218. The number of aromatic nitrogens is 2. The summed E-state index contributed by atoms with van der Waals surface area (Å²) in [5, 5.41) is 7.78. The molecular formula is C12H19N3O2. The highest BCUT2D eigenvalue weighted by atomic mass is 16.4. The summed E-state index contributed by atoms with van der Waals surface area (Å²) in [5.74, 6) is 0.494. The van der Waals surface area contributed by atoms with Crippen molar-refractivity contribution in [2.24, 2.45) is 0 Å². The number of carbonyl (C=O) groups excluding carboxylic acids is 1. The third kappa shape index (κ3) is 2.18. The molecular weight excluding hydrogens is 218 g/mol. The first-order valence-electron chi connectivity index (χ1n) is 6.08. The predicted octanol–water partition coefficient (Wildman–Crippen LogP) is 1.99. The zero-order chi connectivity index (χ0) is 12.6. The van der Waals surface area contributed by atoms with Crippen LogP contribution in [-0.4, -0.2) is 33.6 Å². The van der Waals surface area contributed by atoms with Crippen molar-refractivity contribution in [2.45, 2.75) is 52.0 Å². The maximum absolute atomic E-state index is 12.1. The van der Waals surface area contributed by atoms with Crippen molar-refractivity contribution >= 4 is 5.91 Å². The Bertz CT molecular complexity index is 418. The highest BCUT2D eigenvalue weighted by Gasteiger charge is 2.34. The first-order valence-corrected chi connectivity index (χ1v) is 6.08. The molecule has 1 unspecified atom stereocenters. The lowest BCUT2D eigenvalue weighted by Gasteiger charge is -2.39. The van der Waals surface area contributed by atoms with Gasteiger partial charge in [-0.1, -0.05) is 27.7 Å². The zero-order valence-corrected chi connectivity index (χ0v) is 10.9. The van der Waals surface area contributed by atoms with Crippen LogP contribution in [0.3, 0.4) is 0 Å². The van der Waals surface area contributed by atoms with Crippen molar-refractivity contribution in [1.82, 2.24) is 15.1 Å². The van der Waals surface area contributed by atoms with Crippen LogP contribution in [0.15, 0.2) is 4.42 Å². The summed E-state index contributed by atoms with van der Waals surface area (Å²) in [6.45, 7) is 8.82. The van der Waals surface area contributed by atoms with Crippen molar-refractivity contribution in [3.63, 3.8) is 0 Å². The highest BCUT2D eigenvalue weighted by Crippen LogP contribution is 2.24. The van der Waals surface area contributed by atoms with E-state index in [9.17, 15) is 4.79 Å². The number of likely N-dealkylation sites (tertiary alicyclic amines) is 1. The van der Waals surface area contributed by atoms with Gasteiger partial charge in [0.05, 0.1) is 0 Å². The van der Waals surface area contributed by atoms with Gasteiger partial charge in [0.25, 0.3) is 0 Å². The molecule has 2 heterocycles. The molecule has 5 nitrogen and oxygen atoms in total. The van der Waals surface area contributed by atoms with E-state index in [0.29, 0.717) is 11.9 Å². The SMILES string of the molecule is CCC1CCN1C(=O)c1nnc(C(C)(C)C)o1. The van der Waals surface area contributed by atoms with Gasteiger partial charge in [-0.15, -0.1) is 10.2 Å². The molecule has 1 amide bonds. The van der Waals surface area contributed by atoms with Crippen molar-refractivity contribution in [2.75, 3.05) is 6.54 Å². The Kier molecular flexibility index (Phi) is 2.93. The number of hydrogen-bond acceptors (Lipinski definition) is 4. The number of carbonyl (C=O) groups is 1. The van der Waals surface area contributed by atoms with Gasteiger partial charge in [-0.05, 0) is 12.8 Å². The van der Waals surface area contributed by atoms with Gasteiger partial charge >= 0.3 is 11.8 Å². The van der Waals surface area contributed by atoms with Crippen LogP contribution >= 0.6 is 0 Å². The lowest BCUT2D eigenvalue weighted by atomic mass is 9.97. The number of nitrogens with zero attached hydrogens (tertiary/aromatic N) is 3. The molecule has 1 atom stereocenters. The lowest BCUT2D eigenvalue weighted by Crippen LogP contribution is -2.50. The van der Waals surface area contributed by atoms with Crippen LogP contribution in [0.1, 0.15) is 57.1 Å². The molecule has 1 aromatic rings. The van der Waals surface area contributed by atoms with E-state index in [4.69, 9.17) is 4.42 Å². The van der Waals surface area contributed by atoms with Crippen molar-refractivity contribution in [3.05, 3.63) is 11.8 Å². The average molecular weight is 237 g/mol. The Hall–Kier alpha value is -1.39. The third-order valence-corrected chi connectivity index (χ3v) is 3.13. The molecule has 1 fully saturated rings. The van der Waals surface area contributed by atoms with Crippen molar-refractivity contribution < 1.29 is 9.21 Å². The Labute approximate surface area is 101 Å². The molecule has 5 heteroatoms. The number of rotatable bonds is 2. The standard InChI is InChI=1S/C12H19N3O2/c1-5-8-6-7-15(8)10(16)9-13-14-11(17-9)12(2,3)4/h8H,5-7H2,1-4H3. The van der Waals surface area contributed by atoms with Crippen LogP contribution in [0, 0.1) is 0 Å². The van der Waals surface area contributed by atoms with E-state index in [1.807, 2.05) is 20.8 Å². The average Bonchev–Trinajstić information content (AvgIpc) is 2.64. The fourth-order valence-corrected chi connectivity index (χ4v) is 1.87. The molecule has 0 bridgehead atoms. The van der Waals surface area contributed by atoms with Gasteiger partial charge < -0.3 is 9.32 Å². The predicted molar refractivity (Wildman–Crippen MR) is 62.7 cm³/mol. The molecule has 0 saturated carbocycles. The van der Waals surface area contributed by atoms with Gasteiger partial charge in [0.2, 0.25) is 5.89 Å². The molecule has 1 saturated heterocycles. The van der Waals surface area contributed by atoms with Crippen LogP contribution < -0.4 is 0 Å². The van der Waals surface area contributed by atoms with Crippen LogP contribution in [-0.2, 0) is 5.41 Å². The first kappa shape index (κ1) is 12.1. The molecule has 0 aromatic carbocycles. The first-order chi connectivity index (χ1) is 7.93. The van der Waals surface area contributed by atoms with Crippen molar-refractivity contribution in [3.8, 4) is 0 Å². The molecule has 1 aromatic heterocycles. The van der Waals surface area contributed by atoms with Gasteiger partial charge in [0.1, 0.15) is 0 Å². The number of hydrogen-bond donors (Lipinski definition) is 0. The second-order valence-electron chi connectivity index (χ2n) is 5.51. The van der Waals surface area contributed by atoms with Gasteiger partial charge in [-0.25, -0.2) is 0 Å². The molecule has 2 rings (SSSR count). The molecule has 0 aliphatic carbocycles. The topological polar surface area (TPSA) is 59.2 Å². The third-order valence-electron chi connectivity index (χ3n) is 3.13. The van der Waals surface area contributed by atoms with E-state index in [-0.39, 0.29) is 17.2 Å². The van der Waals surface area contributed by atoms with Crippen LogP contribution in [0.5, 0.6) is 0 Å². The second kappa shape index (κ2) is 4.13. The fourth-order valence-electron chi connectivity index (χ4n) is 1.87. The minimum absolute atomic E-state index is 0.119. The zero-order valence-electron chi connectivity index (χ0n) is 10.9. The van der Waals surface area contributed by atoms with E-state index in [1.165, 1.54) is 0 Å². The van der Waals surface area contributed by atoms with Gasteiger partial charge in [0, 0.05) is 18.0 Å². The largest absolute Gasteiger partial charge is 0.416 e. The quantitative estimate of drug-likeness (QED) is 0.789. The Balaban J connectivity index is 2.13. The maximum Gasteiger partial charge on any atom is 0.311 e. The van der Waals surface area contributed by atoms with Crippen LogP contribution in [0.2, 0.25) is 0 Å². The summed E-state index contributed by atoms with van der Waals surface area (Å²) in [6, 6.07) is 0.340. The molecule has 17 heavy (non-hydrogen) atoms. The molecule has 94 valence electrons.